The summed E-state index contributed by atoms with van der Waals surface area (Å²) in [5, 5.41) is 14.1. The molecule has 5 heteroatoms. The third-order valence-electron chi connectivity index (χ3n) is 3.06. The summed E-state index contributed by atoms with van der Waals surface area (Å²) in [4.78, 5) is 11.8. The molecule has 0 amide bonds. The molecule has 20 heavy (non-hydrogen) atoms. The van der Waals surface area contributed by atoms with Gasteiger partial charge in [-0.25, -0.2) is 0 Å². The minimum atomic E-state index is -0.353. The van der Waals surface area contributed by atoms with E-state index in [9.17, 15) is 10.1 Å². The molecule has 0 aliphatic heterocycles. The third-order valence-corrected chi connectivity index (χ3v) is 3.81. The Morgan fingerprint density at radius 1 is 1.20 bits per heavy atom. The van der Waals surface area contributed by atoms with Gasteiger partial charge in [-0.2, -0.15) is 0 Å². The van der Waals surface area contributed by atoms with Crippen LogP contribution in [0.3, 0.4) is 0 Å². The molecule has 0 aliphatic carbocycles. The SMILES string of the molecule is CSc1ccc(CNc2ccc(C)c([N+](=O)[O-])c2)cc1. The average molecular weight is 288 g/mol. The van der Waals surface area contributed by atoms with Gasteiger partial charge in [0.15, 0.2) is 0 Å². The van der Waals surface area contributed by atoms with E-state index in [1.165, 1.54) is 4.90 Å². The molecule has 0 saturated heterocycles. The normalized spacial score (nSPS) is 10.3. The van der Waals surface area contributed by atoms with Gasteiger partial charge in [-0.15, -0.1) is 11.8 Å². The predicted octanol–water partition coefficient (Wildman–Crippen LogP) is 4.24. The molecule has 104 valence electrons. The van der Waals surface area contributed by atoms with E-state index in [0.29, 0.717) is 12.1 Å². The van der Waals surface area contributed by atoms with Crippen LogP contribution in [-0.4, -0.2) is 11.2 Å². The lowest BCUT2D eigenvalue weighted by molar-refractivity contribution is -0.385. The molecule has 0 unspecified atom stereocenters. The summed E-state index contributed by atoms with van der Waals surface area (Å²) in [5.41, 5.74) is 2.72. The van der Waals surface area contributed by atoms with Crippen molar-refractivity contribution >= 4 is 23.1 Å². The zero-order chi connectivity index (χ0) is 14.5. The largest absolute Gasteiger partial charge is 0.381 e. The molecule has 2 aromatic rings. The number of nitro groups is 1. The van der Waals surface area contributed by atoms with E-state index in [1.54, 1.807) is 30.8 Å². The van der Waals surface area contributed by atoms with Gasteiger partial charge in [0.05, 0.1) is 4.92 Å². The second kappa shape index (κ2) is 6.43. The fraction of sp³-hybridized carbons (Fsp3) is 0.200. The summed E-state index contributed by atoms with van der Waals surface area (Å²) < 4.78 is 0. The van der Waals surface area contributed by atoms with Gasteiger partial charge in [-0.1, -0.05) is 18.2 Å². The maximum absolute atomic E-state index is 10.9. The fourth-order valence-electron chi connectivity index (χ4n) is 1.86. The molecule has 1 N–H and O–H groups in total. The van der Waals surface area contributed by atoms with Crippen molar-refractivity contribution in [2.24, 2.45) is 0 Å². The van der Waals surface area contributed by atoms with Crippen molar-refractivity contribution in [3.05, 3.63) is 63.7 Å². The smallest absolute Gasteiger partial charge is 0.274 e. The van der Waals surface area contributed by atoms with Crippen LogP contribution in [0.1, 0.15) is 11.1 Å². The van der Waals surface area contributed by atoms with E-state index in [-0.39, 0.29) is 10.6 Å². The molecule has 2 aromatic carbocycles. The highest BCUT2D eigenvalue weighted by atomic mass is 32.2. The average Bonchev–Trinajstić information content (AvgIpc) is 2.46. The predicted molar refractivity (Wildman–Crippen MR) is 83.4 cm³/mol. The van der Waals surface area contributed by atoms with Crippen molar-refractivity contribution in [1.29, 1.82) is 0 Å². The summed E-state index contributed by atoms with van der Waals surface area (Å²) in [6, 6.07) is 13.4. The summed E-state index contributed by atoms with van der Waals surface area (Å²) in [6.07, 6.45) is 2.04. The van der Waals surface area contributed by atoms with E-state index in [2.05, 4.69) is 29.6 Å². The summed E-state index contributed by atoms with van der Waals surface area (Å²) in [6.45, 7) is 2.39. The standard InChI is InChI=1S/C15H16N2O2S/c1-11-3-6-13(9-15(11)17(18)19)16-10-12-4-7-14(20-2)8-5-12/h3-9,16H,10H2,1-2H3. The Balaban J connectivity index is 2.06. The number of nitrogens with one attached hydrogen (secondary N) is 1. The highest BCUT2D eigenvalue weighted by Crippen LogP contribution is 2.23. The lowest BCUT2D eigenvalue weighted by Crippen LogP contribution is -2.00. The number of hydrogen-bond acceptors (Lipinski definition) is 4. The summed E-state index contributed by atoms with van der Waals surface area (Å²) in [7, 11) is 0. The van der Waals surface area contributed by atoms with Crippen LogP contribution in [0, 0.1) is 17.0 Å². The van der Waals surface area contributed by atoms with Crippen LogP contribution in [0.2, 0.25) is 0 Å². The van der Waals surface area contributed by atoms with Crippen LogP contribution in [0.15, 0.2) is 47.4 Å². The second-order valence-electron chi connectivity index (χ2n) is 4.46. The highest BCUT2D eigenvalue weighted by molar-refractivity contribution is 7.98. The van der Waals surface area contributed by atoms with Crippen LogP contribution in [-0.2, 0) is 6.54 Å². The molecule has 0 radical (unpaired) electrons. The van der Waals surface area contributed by atoms with E-state index in [0.717, 1.165) is 11.3 Å². The second-order valence-corrected chi connectivity index (χ2v) is 5.34. The first kappa shape index (κ1) is 14.4. The Morgan fingerprint density at radius 3 is 2.50 bits per heavy atom. The molecule has 4 nitrogen and oxygen atoms in total. The minimum Gasteiger partial charge on any atom is -0.381 e. The highest BCUT2D eigenvalue weighted by Gasteiger charge is 2.10. The molecule has 0 bridgehead atoms. The summed E-state index contributed by atoms with van der Waals surface area (Å²) >= 11 is 1.70. The first-order chi connectivity index (χ1) is 9.60. The number of aryl methyl sites for hydroxylation is 1. The van der Waals surface area contributed by atoms with E-state index < -0.39 is 0 Å². The number of thioether (sulfide) groups is 1. The maximum Gasteiger partial charge on any atom is 0.274 e. The van der Waals surface area contributed by atoms with E-state index in [1.807, 2.05) is 12.3 Å². The van der Waals surface area contributed by atoms with Gasteiger partial charge >= 0.3 is 0 Å². The van der Waals surface area contributed by atoms with Gasteiger partial charge < -0.3 is 5.32 Å². The maximum atomic E-state index is 10.9. The Hall–Kier alpha value is -2.01. The minimum absolute atomic E-state index is 0.146. The fourth-order valence-corrected chi connectivity index (χ4v) is 2.27. The number of nitro benzene ring substituents is 1. The lowest BCUT2D eigenvalue weighted by Gasteiger charge is -2.08. The Bertz CT molecular complexity index is 612. The molecule has 0 aromatic heterocycles. The van der Waals surface area contributed by atoms with Crippen LogP contribution >= 0.6 is 11.8 Å². The van der Waals surface area contributed by atoms with Crippen molar-refractivity contribution in [2.75, 3.05) is 11.6 Å². The molecule has 0 atom stereocenters. The number of hydrogen-bond donors (Lipinski definition) is 1. The van der Waals surface area contributed by atoms with Gasteiger partial charge in [-0.05, 0) is 36.9 Å². The zero-order valence-corrected chi connectivity index (χ0v) is 12.2. The Morgan fingerprint density at radius 2 is 1.90 bits per heavy atom. The first-order valence-corrected chi connectivity index (χ1v) is 7.44. The van der Waals surface area contributed by atoms with Crippen molar-refractivity contribution in [3.63, 3.8) is 0 Å². The van der Waals surface area contributed by atoms with E-state index in [4.69, 9.17) is 0 Å². The molecule has 0 spiro atoms. The van der Waals surface area contributed by atoms with Crippen molar-refractivity contribution < 1.29 is 4.92 Å². The van der Waals surface area contributed by atoms with Gasteiger partial charge in [0.1, 0.15) is 0 Å². The number of anilines is 1. The monoisotopic (exact) mass is 288 g/mol. The Kier molecular flexibility index (Phi) is 4.63. The van der Waals surface area contributed by atoms with Crippen LogP contribution in [0.5, 0.6) is 0 Å². The topological polar surface area (TPSA) is 55.2 Å². The van der Waals surface area contributed by atoms with Crippen molar-refractivity contribution in [2.45, 2.75) is 18.4 Å². The lowest BCUT2D eigenvalue weighted by atomic mass is 10.1. The van der Waals surface area contributed by atoms with Gasteiger partial charge in [0, 0.05) is 28.8 Å². The molecule has 2 rings (SSSR count). The molecule has 0 fully saturated rings. The van der Waals surface area contributed by atoms with Crippen molar-refractivity contribution in [1.82, 2.24) is 0 Å². The third kappa shape index (κ3) is 3.51. The zero-order valence-electron chi connectivity index (χ0n) is 11.4. The van der Waals surface area contributed by atoms with Gasteiger partial charge in [0.2, 0.25) is 0 Å². The van der Waals surface area contributed by atoms with Crippen LogP contribution in [0.25, 0.3) is 0 Å². The van der Waals surface area contributed by atoms with Gasteiger partial charge in [0.25, 0.3) is 5.69 Å². The van der Waals surface area contributed by atoms with E-state index >= 15 is 0 Å². The molecule has 0 heterocycles. The number of nitrogens with zero attached hydrogens (tertiary/aromatic N) is 1. The van der Waals surface area contributed by atoms with Crippen molar-refractivity contribution in [3.8, 4) is 0 Å². The Labute approximate surface area is 122 Å². The molecule has 0 aliphatic rings. The molecular weight excluding hydrogens is 272 g/mol. The first-order valence-electron chi connectivity index (χ1n) is 6.22. The van der Waals surface area contributed by atoms with Gasteiger partial charge in [-0.3, -0.25) is 10.1 Å². The number of benzene rings is 2. The van der Waals surface area contributed by atoms with Crippen LogP contribution < -0.4 is 5.32 Å². The molecule has 0 saturated carbocycles. The summed E-state index contributed by atoms with van der Waals surface area (Å²) in [5.74, 6) is 0. The number of rotatable bonds is 5. The molecular formula is C15H16N2O2S. The van der Waals surface area contributed by atoms with Crippen LogP contribution in [0.4, 0.5) is 11.4 Å². The quantitative estimate of drug-likeness (QED) is 0.508.